The first kappa shape index (κ1) is 10.3. The van der Waals surface area contributed by atoms with Crippen LogP contribution in [0.3, 0.4) is 0 Å². The molecule has 0 aromatic rings. The van der Waals surface area contributed by atoms with Gasteiger partial charge in [0.1, 0.15) is 18.0 Å². The number of amidine groups is 1. The molecule has 6 N–H and O–H groups in total. The number of aliphatic imine (C=N–C) groups is 2. The second kappa shape index (κ2) is 3.76. The molecule has 84 valence electrons. The molecule has 0 saturated carbocycles. The Morgan fingerprint density at radius 2 is 2.27 bits per heavy atom. The van der Waals surface area contributed by atoms with Crippen molar-refractivity contribution in [2.75, 3.05) is 6.67 Å². The van der Waals surface area contributed by atoms with Gasteiger partial charge in [-0.25, -0.2) is 4.99 Å². The Morgan fingerprint density at radius 1 is 1.53 bits per heavy atom. The van der Waals surface area contributed by atoms with Crippen molar-refractivity contribution in [2.24, 2.45) is 15.7 Å². The van der Waals surface area contributed by atoms with E-state index in [4.69, 9.17) is 5.73 Å². The van der Waals surface area contributed by atoms with E-state index >= 15 is 0 Å². The largest absolute Gasteiger partial charge is 0.391 e. The van der Waals surface area contributed by atoms with Gasteiger partial charge in [-0.15, -0.1) is 0 Å². The molecule has 2 aliphatic rings. The monoisotopic (exact) mass is 213 g/mol. The van der Waals surface area contributed by atoms with Crippen molar-refractivity contribution in [1.82, 2.24) is 10.6 Å². The number of nitrogens with one attached hydrogen (secondary N) is 2. The van der Waals surface area contributed by atoms with Crippen LogP contribution in [-0.4, -0.2) is 53.0 Å². The Morgan fingerprint density at radius 3 is 2.93 bits per heavy atom. The molecule has 0 amide bonds. The minimum absolute atomic E-state index is 0.127. The molecular formula is C8H15N5O2. The number of hydrogen-bond acceptors (Lipinski definition) is 7. The Hall–Kier alpha value is -1.18. The summed E-state index contributed by atoms with van der Waals surface area (Å²) in [6, 6.07) is -0.686. The number of aliphatic hydroxyl groups is 2. The van der Waals surface area contributed by atoms with Gasteiger partial charge >= 0.3 is 0 Å². The lowest BCUT2D eigenvalue weighted by Crippen LogP contribution is -2.52. The smallest absolute Gasteiger partial charge is 0.217 e. The number of rotatable bonds is 2. The predicted molar refractivity (Wildman–Crippen MR) is 55.5 cm³/mol. The van der Waals surface area contributed by atoms with E-state index in [1.807, 2.05) is 0 Å². The van der Waals surface area contributed by atoms with E-state index in [9.17, 15) is 10.2 Å². The molecule has 4 unspecified atom stereocenters. The molecule has 0 aromatic heterocycles. The standard InChI is InChI=1S/C8H15N5O2/c1-3(14)6(15)4-5-7(11-2-10-5)13-8(9)12-4/h3-6,10,14-15H,2H2,1H3,(H3,9,11,12,13). The van der Waals surface area contributed by atoms with Crippen LogP contribution in [0.1, 0.15) is 6.92 Å². The summed E-state index contributed by atoms with van der Waals surface area (Å²) in [5.74, 6) is 0.800. The number of fused-ring (bicyclic) bond motifs is 1. The molecule has 15 heavy (non-hydrogen) atoms. The summed E-state index contributed by atoms with van der Waals surface area (Å²) in [5.41, 5.74) is 5.52. The van der Waals surface area contributed by atoms with Gasteiger partial charge < -0.3 is 21.3 Å². The lowest BCUT2D eigenvalue weighted by atomic mass is 9.98. The third-order valence-corrected chi connectivity index (χ3v) is 2.59. The Bertz CT molecular complexity index is 314. The fourth-order valence-electron chi connectivity index (χ4n) is 1.79. The van der Waals surface area contributed by atoms with E-state index in [0.717, 1.165) is 0 Å². The number of nitrogens with two attached hydrogens (primary N) is 1. The Kier molecular flexibility index (Phi) is 2.59. The molecule has 0 spiro atoms. The summed E-state index contributed by atoms with van der Waals surface area (Å²) >= 11 is 0. The van der Waals surface area contributed by atoms with Gasteiger partial charge in [-0.1, -0.05) is 0 Å². The number of nitrogens with zero attached hydrogens (tertiary/aromatic N) is 2. The molecule has 0 aromatic carbocycles. The molecule has 0 bridgehead atoms. The molecule has 1 saturated heterocycles. The zero-order valence-electron chi connectivity index (χ0n) is 8.38. The zero-order valence-corrected chi connectivity index (χ0v) is 8.38. The highest BCUT2D eigenvalue weighted by atomic mass is 16.3. The average molecular weight is 213 g/mol. The van der Waals surface area contributed by atoms with Crippen molar-refractivity contribution in [1.29, 1.82) is 0 Å². The van der Waals surface area contributed by atoms with Crippen LogP contribution in [0.25, 0.3) is 0 Å². The van der Waals surface area contributed by atoms with Crippen molar-refractivity contribution < 1.29 is 10.2 Å². The molecule has 1 fully saturated rings. The summed E-state index contributed by atoms with van der Waals surface area (Å²) in [4.78, 5) is 8.05. The Labute approximate surface area is 87.1 Å². The summed E-state index contributed by atoms with van der Waals surface area (Å²) < 4.78 is 0. The number of guanidine groups is 1. The first-order chi connectivity index (χ1) is 7.09. The third kappa shape index (κ3) is 1.81. The van der Waals surface area contributed by atoms with E-state index < -0.39 is 18.2 Å². The van der Waals surface area contributed by atoms with Gasteiger partial charge in [0.05, 0.1) is 18.8 Å². The van der Waals surface area contributed by atoms with Crippen LogP contribution >= 0.6 is 0 Å². The highest BCUT2D eigenvalue weighted by molar-refractivity contribution is 6.01. The van der Waals surface area contributed by atoms with Crippen LogP contribution in [0.5, 0.6) is 0 Å². The van der Waals surface area contributed by atoms with Gasteiger partial charge in [0, 0.05) is 0 Å². The van der Waals surface area contributed by atoms with Gasteiger partial charge in [-0.2, -0.15) is 4.99 Å². The molecular weight excluding hydrogens is 198 g/mol. The van der Waals surface area contributed by atoms with E-state index in [1.54, 1.807) is 0 Å². The van der Waals surface area contributed by atoms with Gasteiger partial charge in [-0.05, 0) is 6.92 Å². The zero-order chi connectivity index (χ0) is 11.0. The third-order valence-electron chi connectivity index (χ3n) is 2.59. The number of hydrogen-bond donors (Lipinski definition) is 5. The molecule has 2 rings (SSSR count). The molecule has 7 heteroatoms. The van der Waals surface area contributed by atoms with Crippen LogP contribution in [0.4, 0.5) is 0 Å². The maximum absolute atomic E-state index is 9.78. The SMILES string of the molecule is CC(O)C(O)C1N=C(N)N=C2NCNC21. The van der Waals surface area contributed by atoms with Crippen LogP contribution in [0.15, 0.2) is 9.98 Å². The minimum atomic E-state index is -0.952. The molecule has 2 heterocycles. The lowest BCUT2D eigenvalue weighted by molar-refractivity contribution is 0.0127. The molecule has 4 atom stereocenters. The van der Waals surface area contributed by atoms with E-state index in [1.165, 1.54) is 6.92 Å². The molecule has 0 radical (unpaired) electrons. The highest BCUT2D eigenvalue weighted by Gasteiger charge is 2.39. The van der Waals surface area contributed by atoms with Crippen molar-refractivity contribution in [3.8, 4) is 0 Å². The minimum Gasteiger partial charge on any atom is -0.391 e. The van der Waals surface area contributed by atoms with Gasteiger partial charge in [-0.3, -0.25) is 5.32 Å². The molecule has 2 aliphatic heterocycles. The summed E-state index contributed by atoms with van der Waals surface area (Å²) in [7, 11) is 0. The van der Waals surface area contributed by atoms with E-state index in [0.29, 0.717) is 12.5 Å². The Balaban J connectivity index is 2.22. The lowest BCUT2D eigenvalue weighted by Gasteiger charge is -2.28. The molecule has 7 nitrogen and oxygen atoms in total. The first-order valence-corrected chi connectivity index (χ1v) is 4.85. The van der Waals surface area contributed by atoms with Gasteiger partial charge in [0.25, 0.3) is 0 Å². The van der Waals surface area contributed by atoms with E-state index in [2.05, 4.69) is 20.6 Å². The van der Waals surface area contributed by atoms with Gasteiger partial charge in [0.2, 0.25) is 5.96 Å². The normalized spacial score (nSPS) is 33.5. The second-order valence-electron chi connectivity index (χ2n) is 3.74. The fourth-order valence-corrected chi connectivity index (χ4v) is 1.79. The number of aliphatic hydroxyl groups excluding tert-OH is 2. The van der Waals surface area contributed by atoms with Crippen molar-refractivity contribution in [2.45, 2.75) is 31.2 Å². The maximum atomic E-state index is 9.78. The van der Waals surface area contributed by atoms with E-state index in [-0.39, 0.29) is 12.0 Å². The summed E-state index contributed by atoms with van der Waals surface area (Å²) in [6.07, 6.45) is -1.81. The van der Waals surface area contributed by atoms with Crippen molar-refractivity contribution in [3.63, 3.8) is 0 Å². The van der Waals surface area contributed by atoms with Gasteiger partial charge in [0.15, 0.2) is 0 Å². The van der Waals surface area contributed by atoms with Crippen molar-refractivity contribution in [3.05, 3.63) is 0 Å². The molecule has 0 aliphatic carbocycles. The highest BCUT2D eigenvalue weighted by Crippen LogP contribution is 2.15. The topological polar surface area (TPSA) is 115 Å². The van der Waals surface area contributed by atoms with Crippen LogP contribution in [0, 0.1) is 0 Å². The quantitative estimate of drug-likeness (QED) is 0.343. The maximum Gasteiger partial charge on any atom is 0.217 e. The average Bonchev–Trinajstić information content (AvgIpc) is 2.62. The predicted octanol–water partition coefficient (Wildman–Crippen LogP) is -2.66. The van der Waals surface area contributed by atoms with Crippen LogP contribution in [0.2, 0.25) is 0 Å². The fraction of sp³-hybridized carbons (Fsp3) is 0.750. The first-order valence-electron chi connectivity index (χ1n) is 4.85. The second-order valence-corrected chi connectivity index (χ2v) is 3.74. The van der Waals surface area contributed by atoms with Crippen LogP contribution < -0.4 is 16.4 Å². The van der Waals surface area contributed by atoms with Crippen molar-refractivity contribution >= 4 is 11.8 Å². The van der Waals surface area contributed by atoms with Crippen LogP contribution in [-0.2, 0) is 0 Å². The summed E-state index contributed by atoms with van der Waals surface area (Å²) in [5, 5.41) is 25.2. The summed E-state index contributed by atoms with van der Waals surface area (Å²) in [6.45, 7) is 2.08.